The maximum Gasteiger partial charge on any atom is 0.336 e. The van der Waals surface area contributed by atoms with E-state index in [1.165, 1.54) is 0 Å². The van der Waals surface area contributed by atoms with Gasteiger partial charge in [-0.25, -0.2) is 4.79 Å². The van der Waals surface area contributed by atoms with Gasteiger partial charge >= 0.3 is 5.97 Å². The van der Waals surface area contributed by atoms with E-state index in [0.29, 0.717) is 19.5 Å². The van der Waals surface area contributed by atoms with Crippen LogP contribution in [0.2, 0.25) is 0 Å². The number of hydrogen-bond donors (Lipinski definition) is 2. The molecule has 30 heavy (non-hydrogen) atoms. The molecule has 3 atom stereocenters. The average Bonchev–Trinajstić information content (AvgIpc) is 3.55. The molecule has 2 amide bonds. The van der Waals surface area contributed by atoms with Gasteiger partial charge in [-0.15, -0.1) is 0 Å². The molecule has 0 radical (unpaired) electrons. The summed E-state index contributed by atoms with van der Waals surface area (Å²) in [5, 5.41) is 11.7. The number of carbonyl (C=O) groups excluding carboxylic acids is 2. The SMILES string of the molecule is CCCC(CC(=O)N1CCN(c2ccc(OC)cc2)CC1)NC(=O)[C@H]1O[C@@H]1C(=O)O. The molecule has 0 spiro atoms. The van der Waals surface area contributed by atoms with E-state index < -0.39 is 24.1 Å². The second-order valence-corrected chi connectivity index (χ2v) is 7.58. The second-order valence-electron chi connectivity index (χ2n) is 7.58. The van der Waals surface area contributed by atoms with E-state index in [9.17, 15) is 14.4 Å². The number of methoxy groups -OCH3 is 1. The maximum absolute atomic E-state index is 12.8. The van der Waals surface area contributed by atoms with Crippen LogP contribution in [0.1, 0.15) is 26.2 Å². The molecule has 0 aliphatic carbocycles. The topological polar surface area (TPSA) is 112 Å². The Labute approximate surface area is 175 Å². The number of piperazine rings is 1. The highest BCUT2D eigenvalue weighted by atomic mass is 16.6. The van der Waals surface area contributed by atoms with Gasteiger partial charge in [0, 0.05) is 44.3 Å². The van der Waals surface area contributed by atoms with Crippen LogP contribution < -0.4 is 15.0 Å². The summed E-state index contributed by atoms with van der Waals surface area (Å²) in [5.74, 6) is -0.802. The van der Waals surface area contributed by atoms with Crippen LogP contribution in [0.25, 0.3) is 0 Å². The number of anilines is 1. The predicted molar refractivity (Wildman–Crippen MR) is 110 cm³/mol. The largest absolute Gasteiger partial charge is 0.497 e. The summed E-state index contributed by atoms with van der Waals surface area (Å²) >= 11 is 0. The van der Waals surface area contributed by atoms with Crippen molar-refractivity contribution in [3.63, 3.8) is 0 Å². The lowest BCUT2D eigenvalue weighted by Gasteiger charge is -2.36. The molecule has 9 heteroatoms. The third kappa shape index (κ3) is 5.41. The highest BCUT2D eigenvalue weighted by Gasteiger charge is 2.51. The first kappa shape index (κ1) is 21.9. The Morgan fingerprint density at radius 1 is 1.17 bits per heavy atom. The number of ether oxygens (including phenoxy) is 2. The number of carboxylic acid groups (broad SMARTS) is 1. The first-order chi connectivity index (χ1) is 14.4. The molecule has 1 aromatic rings. The van der Waals surface area contributed by atoms with Gasteiger partial charge in [0.15, 0.2) is 12.2 Å². The fourth-order valence-corrected chi connectivity index (χ4v) is 3.70. The average molecular weight is 419 g/mol. The number of epoxide rings is 1. The highest BCUT2D eigenvalue weighted by Crippen LogP contribution is 2.23. The fraction of sp³-hybridized carbons (Fsp3) is 0.571. The predicted octanol–water partition coefficient (Wildman–Crippen LogP) is 0.871. The number of rotatable bonds is 9. The number of carboxylic acids is 1. The van der Waals surface area contributed by atoms with Gasteiger partial charge in [-0.05, 0) is 30.7 Å². The zero-order chi connectivity index (χ0) is 21.7. The zero-order valence-electron chi connectivity index (χ0n) is 17.4. The molecule has 2 N–H and O–H groups in total. The van der Waals surface area contributed by atoms with Crippen molar-refractivity contribution in [1.82, 2.24) is 10.2 Å². The molecule has 2 saturated heterocycles. The summed E-state index contributed by atoms with van der Waals surface area (Å²) in [7, 11) is 1.63. The van der Waals surface area contributed by atoms with E-state index in [1.807, 2.05) is 36.1 Å². The summed E-state index contributed by atoms with van der Waals surface area (Å²) in [5.41, 5.74) is 1.09. The van der Waals surface area contributed by atoms with Crippen molar-refractivity contribution in [2.75, 3.05) is 38.2 Å². The Balaban J connectivity index is 1.48. The minimum Gasteiger partial charge on any atom is -0.497 e. The highest BCUT2D eigenvalue weighted by molar-refractivity contribution is 5.92. The van der Waals surface area contributed by atoms with Crippen LogP contribution in [0.3, 0.4) is 0 Å². The fourth-order valence-electron chi connectivity index (χ4n) is 3.70. The van der Waals surface area contributed by atoms with Crippen molar-refractivity contribution in [1.29, 1.82) is 0 Å². The minimum atomic E-state index is -1.15. The van der Waals surface area contributed by atoms with E-state index in [4.69, 9.17) is 14.6 Å². The summed E-state index contributed by atoms with van der Waals surface area (Å²) in [6.07, 6.45) is -0.378. The molecule has 0 aromatic heterocycles. The molecular weight excluding hydrogens is 390 g/mol. The molecule has 2 aliphatic rings. The maximum atomic E-state index is 12.8. The lowest BCUT2D eigenvalue weighted by molar-refractivity contribution is -0.138. The van der Waals surface area contributed by atoms with Gasteiger partial charge in [-0.1, -0.05) is 13.3 Å². The Bertz CT molecular complexity index is 761. The molecule has 9 nitrogen and oxygen atoms in total. The summed E-state index contributed by atoms with van der Waals surface area (Å²) in [6, 6.07) is 7.53. The third-order valence-corrected chi connectivity index (χ3v) is 5.47. The van der Waals surface area contributed by atoms with E-state index >= 15 is 0 Å². The molecule has 0 saturated carbocycles. The molecule has 2 heterocycles. The molecule has 1 aromatic carbocycles. The first-order valence-electron chi connectivity index (χ1n) is 10.3. The van der Waals surface area contributed by atoms with E-state index in [2.05, 4.69) is 10.2 Å². The van der Waals surface area contributed by atoms with Gasteiger partial charge in [-0.2, -0.15) is 0 Å². The van der Waals surface area contributed by atoms with Crippen LogP contribution in [-0.4, -0.2) is 79.3 Å². The van der Waals surface area contributed by atoms with Crippen LogP contribution in [0.5, 0.6) is 5.75 Å². The Hall–Kier alpha value is -2.81. The molecule has 3 rings (SSSR count). The van der Waals surface area contributed by atoms with E-state index in [1.54, 1.807) is 7.11 Å². The molecule has 2 fully saturated rings. The van der Waals surface area contributed by atoms with E-state index in [0.717, 1.165) is 30.9 Å². The van der Waals surface area contributed by atoms with Crippen LogP contribution in [-0.2, 0) is 19.1 Å². The number of carbonyl (C=O) groups is 3. The molecule has 2 aliphatic heterocycles. The zero-order valence-corrected chi connectivity index (χ0v) is 17.4. The van der Waals surface area contributed by atoms with Gasteiger partial charge in [0.05, 0.1) is 7.11 Å². The molecule has 164 valence electrons. The van der Waals surface area contributed by atoms with Crippen molar-refractivity contribution in [3.8, 4) is 5.75 Å². The van der Waals surface area contributed by atoms with Crippen molar-refractivity contribution in [2.24, 2.45) is 0 Å². The smallest absolute Gasteiger partial charge is 0.336 e. The van der Waals surface area contributed by atoms with Gasteiger partial charge in [0.25, 0.3) is 5.91 Å². The normalized spacial score (nSPS) is 21.7. The first-order valence-corrected chi connectivity index (χ1v) is 10.3. The Kier molecular flexibility index (Phi) is 7.15. The summed E-state index contributed by atoms with van der Waals surface area (Å²) in [4.78, 5) is 39.8. The van der Waals surface area contributed by atoms with Crippen LogP contribution in [0.15, 0.2) is 24.3 Å². The lowest BCUT2D eigenvalue weighted by Crippen LogP contribution is -2.50. The lowest BCUT2D eigenvalue weighted by atomic mass is 10.1. The van der Waals surface area contributed by atoms with Crippen molar-refractivity contribution in [3.05, 3.63) is 24.3 Å². The number of hydrogen-bond acceptors (Lipinski definition) is 6. The second kappa shape index (κ2) is 9.80. The number of nitrogens with one attached hydrogen (secondary N) is 1. The van der Waals surface area contributed by atoms with Gasteiger partial charge in [-0.3, -0.25) is 9.59 Å². The number of aliphatic carboxylic acids is 1. The molecule has 1 unspecified atom stereocenters. The molecular formula is C21H29N3O6. The number of amides is 2. The van der Waals surface area contributed by atoms with Crippen molar-refractivity contribution >= 4 is 23.5 Å². The van der Waals surface area contributed by atoms with Crippen molar-refractivity contribution < 1.29 is 29.0 Å². The minimum absolute atomic E-state index is 0.00497. The van der Waals surface area contributed by atoms with E-state index in [-0.39, 0.29) is 18.4 Å². The molecule has 0 bridgehead atoms. The van der Waals surface area contributed by atoms with Gasteiger partial charge < -0.3 is 29.7 Å². The van der Waals surface area contributed by atoms with Crippen molar-refractivity contribution in [2.45, 2.75) is 44.4 Å². The Morgan fingerprint density at radius 2 is 1.83 bits per heavy atom. The van der Waals surface area contributed by atoms with Crippen LogP contribution >= 0.6 is 0 Å². The Morgan fingerprint density at radius 3 is 2.37 bits per heavy atom. The third-order valence-electron chi connectivity index (χ3n) is 5.47. The summed E-state index contributed by atoms with van der Waals surface area (Å²) < 4.78 is 10.1. The van der Waals surface area contributed by atoms with Crippen LogP contribution in [0, 0.1) is 0 Å². The number of benzene rings is 1. The van der Waals surface area contributed by atoms with Gasteiger partial charge in [0.1, 0.15) is 5.75 Å². The number of nitrogens with zero attached hydrogens (tertiary/aromatic N) is 2. The summed E-state index contributed by atoms with van der Waals surface area (Å²) in [6.45, 7) is 4.68. The van der Waals surface area contributed by atoms with Gasteiger partial charge in [0.2, 0.25) is 5.91 Å². The quantitative estimate of drug-likeness (QED) is 0.571. The standard InChI is InChI=1S/C21H29N3O6/c1-3-4-14(22-20(26)18-19(30-18)21(27)28)13-17(25)24-11-9-23(10-12-24)15-5-7-16(29-2)8-6-15/h5-8,14,18-19H,3-4,9-13H2,1-2H3,(H,22,26)(H,27,28)/t14?,18-,19-/m0/s1. The monoisotopic (exact) mass is 419 g/mol. The van der Waals surface area contributed by atoms with Crippen LogP contribution in [0.4, 0.5) is 5.69 Å².